The second-order valence-corrected chi connectivity index (χ2v) is 8.66. The summed E-state index contributed by atoms with van der Waals surface area (Å²) in [6, 6.07) is 16.2. The molecule has 1 amide bonds. The Morgan fingerprint density at radius 2 is 1.77 bits per heavy atom. The maximum atomic E-state index is 13.0. The third-order valence-corrected chi connectivity index (χ3v) is 6.24. The van der Waals surface area contributed by atoms with E-state index < -0.39 is 17.7 Å². The lowest BCUT2D eigenvalue weighted by Gasteiger charge is -2.25. The van der Waals surface area contributed by atoms with Crippen LogP contribution in [0.25, 0.3) is 5.76 Å². The van der Waals surface area contributed by atoms with Crippen LogP contribution in [0.2, 0.25) is 10.0 Å². The van der Waals surface area contributed by atoms with E-state index in [9.17, 15) is 14.7 Å². The molecular formula is C23H15BrCl2N2O3. The number of aromatic nitrogens is 1. The van der Waals surface area contributed by atoms with E-state index in [2.05, 4.69) is 20.9 Å². The molecule has 156 valence electrons. The van der Waals surface area contributed by atoms with Crippen molar-refractivity contribution in [2.75, 3.05) is 0 Å². The van der Waals surface area contributed by atoms with Crippen LogP contribution in [0.3, 0.4) is 0 Å². The van der Waals surface area contributed by atoms with Gasteiger partial charge in [-0.1, -0.05) is 63.4 Å². The fourth-order valence-electron chi connectivity index (χ4n) is 3.50. The van der Waals surface area contributed by atoms with Gasteiger partial charge < -0.3 is 10.0 Å². The van der Waals surface area contributed by atoms with Crippen molar-refractivity contribution in [1.82, 2.24) is 9.88 Å². The summed E-state index contributed by atoms with van der Waals surface area (Å²) in [5.41, 5.74) is 1.58. The average Bonchev–Trinajstić information content (AvgIpc) is 3.01. The lowest BCUT2D eigenvalue weighted by Crippen LogP contribution is -2.29. The Bertz CT molecular complexity index is 1200. The number of aliphatic hydroxyl groups is 1. The maximum absolute atomic E-state index is 13.0. The summed E-state index contributed by atoms with van der Waals surface area (Å²) in [6.07, 6.45) is 1.61. The van der Waals surface area contributed by atoms with Crippen molar-refractivity contribution in [3.05, 3.63) is 104 Å². The summed E-state index contributed by atoms with van der Waals surface area (Å²) >= 11 is 15.6. The van der Waals surface area contributed by atoms with Gasteiger partial charge in [-0.2, -0.15) is 0 Å². The van der Waals surface area contributed by atoms with Gasteiger partial charge >= 0.3 is 0 Å². The van der Waals surface area contributed by atoms with Crippen LogP contribution in [-0.2, 0) is 16.1 Å². The Hall–Kier alpha value is -2.67. The Morgan fingerprint density at radius 1 is 1.03 bits per heavy atom. The monoisotopic (exact) mass is 516 g/mol. The number of hydrogen-bond acceptors (Lipinski definition) is 4. The van der Waals surface area contributed by atoms with Crippen LogP contribution in [0, 0.1) is 0 Å². The van der Waals surface area contributed by atoms with E-state index in [0.29, 0.717) is 21.8 Å². The van der Waals surface area contributed by atoms with Gasteiger partial charge in [0.15, 0.2) is 0 Å². The van der Waals surface area contributed by atoms with Crippen LogP contribution < -0.4 is 0 Å². The molecular weight excluding hydrogens is 503 g/mol. The molecule has 0 spiro atoms. The first-order valence-corrected chi connectivity index (χ1v) is 10.8. The molecule has 0 aliphatic carbocycles. The molecule has 1 fully saturated rings. The van der Waals surface area contributed by atoms with E-state index in [4.69, 9.17) is 23.2 Å². The van der Waals surface area contributed by atoms with E-state index in [1.807, 2.05) is 0 Å². The number of Topliss-reactive ketones (excluding diaryl/α,β-unsaturated/α-hetero) is 1. The molecule has 1 saturated heterocycles. The number of carbonyl (C=O) groups excluding carboxylic acids is 2. The largest absolute Gasteiger partial charge is 0.507 e. The number of likely N-dealkylation sites (tertiary alicyclic amines) is 1. The van der Waals surface area contributed by atoms with E-state index in [0.717, 1.165) is 4.47 Å². The summed E-state index contributed by atoms with van der Waals surface area (Å²) in [7, 11) is 0. The van der Waals surface area contributed by atoms with Crippen molar-refractivity contribution in [3.8, 4) is 0 Å². The number of pyridine rings is 1. The molecule has 1 unspecified atom stereocenters. The first-order valence-electron chi connectivity index (χ1n) is 9.26. The number of halogens is 3. The van der Waals surface area contributed by atoms with Gasteiger partial charge in [0.1, 0.15) is 5.76 Å². The molecule has 1 atom stereocenters. The third kappa shape index (κ3) is 4.24. The molecule has 0 radical (unpaired) electrons. The highest BCUT2D eigenvalue weighted by Crippen LogP contribution is 2.41. The smallest absolute Gasteiger partial charge is 0.296 e. The molecule has 1 aliphatic heterocycles. The topological polar surface area (TPSA) is 70.5 Å². The van der Waals surface area contributed by atoms with Gasteiger partial charge in [-0.05, 0) is 42.0 Å². The van der Waals surface area contributed by atoms with Crippen LogP contribution in [0.15, 0.2) is 76.9 Å². The van der Waals surface area contributed by atoms with E-state index in [1.165, 1.54) is 4.90 Å². The van der Waals surface area contributed by atoms with Gasteiger partial charge in [0.2, 0.25) is 0 Å². The van der Waals surface area contributed by atoms with Gasteiger partial charge in [-0.15, -0.1) is 0 Å². The number of carbonyl (C=O) groups is 2. The van der Waals surface area contributed by atoms with Gasteiger partial charge in [-0.25, -0.2) is 0 Å². The molecule has 4 rings (SSSR count). The Kier molecular flexibility index (Phi) is 6.14. The number of ketones is 1. The lowest BCUT2D eigenvalue weighted by atomic mass is 9.95. The maximum Gasteiger partial charge on any atom is 0.296 e. The lowest BCUT2D eigenvalue weighted by molar-refractivity contribution is -0.140. The van der Waals surface area contributed by atoms with Crippen molar-refractivity contribution in [2.24, 2.45) is 0 Å². The molecule has 1 N–H and O–H groups in total. The highest BCUT2D eigenvalue weighted by molar-refractivity contribution is 9.10. The minimum Gasteiger partial charge on any atom is -0.507 e. The summed E-state index contributed by atoms with van der Waals surface area (Å²) in [6.45, 7) is 0.0907. The molecule has 31 heavy (non-hydrogen) atoms. The molecule has 2 aromatic carbocycles. The predicted octanol–water partition coefficient (Wildman–Crippen LogP) is 5.77. The van der Waals surface area contributed by atoms with Gasteiger partial charge in [0, 0.05) is 16.2 Å². The van der Waals surface area contributed by atoms with Gasteiger partial charge in [-0.3, -0.25) is 14.6 Å². The SMILES string of the molecule is O=C1C(=O)N(Cc2ccccn2)C(c2ccc(Cl)c(Cl)c2)/C1=C(/O)c1ccc(Br)cc1. The molecule has 5 nitrogen and oxygen atoms in total. The van der Waals surface area contributed by atoms with Crippen LogP contribution in [0.4, 0.5) is 0 Å². The van der Waals surface area contributed by atoms with E-state index in [-0.39, 0.29) is 22.9 Å². The normalized spacial score (nSPS) is 17.9. The zero-order chi connectivity index (χ0) is 22.1. The fourth-order valence-corrected chi connectivity index (χ4v) is 4.07. The minimum atomic E-state index is -0.847. The number of rotatable bonds is 4. The van der Waals surface area contributed by atoms with Crippen molar-refractivity contribution >= 4 is 56.6 Å². The summed E-state index contributed by atoms with van der Waals surface area (Å²) in [5.74, 6) is -1.75. The Morgan fingerprint density at radius 3 is 2.42 bits per heavy atom. The van der Waals surface area contributed by atoms with E-state index in [1.54, 1.807) is 66.9 Å². The summed E-state index contributed by atoms with van der Waals surface area (Å²) in [4.78, 5) is 31.7. The minimum absolute atomic E-state index is 0.0124. The summed E-state index contributed by atoms with van der Waals surface area (Å²) < 4.78 is 0.820. The molecule has 1 aliphatic rings. The van der Waals surface area contributed by atoms with Crippen molar-refractivity contribution in [1.29, 1.82) is 0 Å². The second kappa shape index (κ2) is 8.83. The molecule has 0 saturated carbocycles. The quantitative estimate of drug-likeness (QED) is 0.271. The third-order valence-electron chi connectivity index (χ3n) is 4.98. The van der Waals surface area contributed by atoms with Gasteiger partial charge in [0.05, 0.1) is 33.9 Å². The molecule has 1 aromatic heterocycles. The summed E-state index contributed by atoms with van der Waals surface area (Å²) in [5, 5.41) is 11.7. The molecule has 3 aromatic rings. The second-order valence-electron chi connectivity index (χ2n) is 6.93. The number of nitrogens with zero attached hydrogens (tertiary/aromatic N) is 2. The zero-order valence-electron chi connectivity index (χ0n) is 15.9. The van der Waals surface area contributed by atoms with Crippen LogP contribution >= 0.6 is 39.1 Å². The zero-order valence-corrected chi connectivity index (χ0v) is 19.0. The highest BCUT2D eigenvalue weighted by atomic mass is 79.9. The number of aliphatic hydroxyl groups excluding tert-OH is 1. The van der Waals surface area contributed by atoms with Gasteiger partial charge in [0.25, 0.3) is 11.7 Å². The number of amides is 1. The first kappa shape index (κ1) is 21.6. The number of hydrogen-bond donors (Lipinski definition) is 1. The van der Waals surface area contributed by atoms with Crippen LogP contribution in [-0.4, -0.2) is 26.7 Å². The average molecular weight is 518 g/mol. The fraction of sp³-hybridized carbons (Fsp3) is 0.0870. The standard InChI is InChI=1S/C23H15BrCl2N2O3/c24-15-7-4-13(5-8-15)21(29)19-20(14-6-9-17(25)18(26)11-14)28(23(31)22(19)30)12-16-3-1-2-10-27-16/h1-11,20,29H,12H2/b21-19-. The molecule has 2 heterocycles. The van der Waals surface area contributed by atoms with E-state index >= 15 is 0 Å². The van der Waals surface area contributed by atoms with Crippen molar-refractivity contribution in [3.63, 3.8) is 0 Å². The Labute approximate surface area is 197 Å². The molecule has 8 heteroatoms. The van der Waals surface area contributed by atoms with Crippen molar-refractivity contribution < 1.29 is 14.7 Å². The number of benzene rings is 2. The van der Waals surface area contributed by atoms with Crippen LogP contribution in [0.1, 0.15) is 22.9 Å². The predicted molar refractivity (Wildman–Crippen MR) is 123 cm³/mol. The Balaban J connectivity index is 1.88. The molecule has 0 bridgehead atoms. The van der Waals surface area contributed by atoms with Crippen LogP contribution in [0.5, 0.6) is 0 Å². The first-order chi connectivity index (χ1) is 14.9. The highest BCUT2D eigenvalue weighted by Gasteiger charge is 2.46. The van der Waals surface area contributed by atoms with Crippen molar-refractivity contribution in [2.45, 2.75) is 12.6 Å².